The van der Waals surface area contributed by atoms with Gasteiger partial charge >= 0.3 is 6.18 Å². The predicted molar refractivity (Wildman–Crippen MR) is 232 cm³/mol. The van der Waals surface area contributed by atoms with Crippen molar-refractivity contribution < 1.29 is 54.3 Å². The summed E-state index contributed by atoms with van der Waals surface area (Å²) in [6.45, 7) is 1.32. The number of allylic oxidation sites excluding steroid dienone is 1. The van der Waals surface area contributed by atoms with Gasteiger partial charge in [-0.3, -0.25) is 23.9 Å². The summed E-state index contributed by atoms with van der Waals surface area (Å²) in [5, 5.41) is 6.24. The van der Waals surface area contributed by atoms with E-state index in [1.807, 2.05) is 6.08 Å². The molecule has 14 nitrogen and oxygen atoms in total. The number of para-hydroxylation sites is 1. The molecule has 346 valence electrons. The topological polar surface area (TPSA) is 190 Å². The van der Waals surface area contributed by atoms with Gasteiger partial charge < -0.3 is 24.7 Å². The van der Waals surface area contributed by atoms with Crippen LogP contribution in [-0.4, -0.2) is 81.9 Å². The number of halogens is 4. The van der Waals surface area contributed by atoms with Crippen molar-refractivity contribution in [1.29, 1.82) is 0 Å². The molecule has 3 N–H and O–H groups in total. The van der Waals surface area contributed by atoms with Gasteiger partial charge in [-0.05, 0) is 87.4 Å². The molecule has 0 spiro atoms. The maximum absolute atomic E-state index is 14.8. The zero-order chi connectivity index (χ0) is 46.6. The van der Waals surface area contributed by atoms with Crippen LogP contribution in [0.4, 0.5) is 17.6 Å². The van der Waals surface area contributed by atoms with Crippen LogP contribution in [0.15, 0.2) is 89.4 Å². The largest absolute Gasteiger partial charge is 0.470 e. The average molecular weight is 931 g/mol. The fourth-order valence-electron chi connectivity index (χ4n) is 8.72. The second-order valence-corrected chi connectivity index (χ2v) is 20.0. The number of benzene rings is 3. The number of furan rings is 1. The summed E-state index contributed by atoms with van der Waals surface area (Å²) < 4.78 is 94.6. The van der Waals surface area contributed by atoms with Crippen LogP contribution in [0.2, 0.25) is 0 Å². The fourth-order valence-corrected chi connectivity index (χ4v) is 10.0. The Kier molecular flexibility index (Phi) is 11.6. The number of amides is 4. The van der Waals surface area contributed by atoms with Gasteiger partial charge in [-0.2, -0.15) is 18.2 Å². The molecule has 9 rings (SSSR count). The lowest BCUT2D eigenvalue weighted by molar-refractivity contribution is -0.142. The van der Waals surface area contributed by atoms with Gasteiger partial charge in [0.2, 0.25) is 33.3 Å². The Morgan fingerprint density at radius 1 is 0.985 bits per heavy atom. The van der Waals surface area contributed by atoms with Crippen molar-refractivity contribution in [2.75, 3.05) is 6.54 Å². The minimum Gasteiger partial charge on any atom is -0.470 e. The van der Waals surface area contributed by atoms with E-state index in [9.17, 15) is 45.2 Å². The first-order chi connectivity index (χ1) is 31.4. The first kappa shape index (κ1) is 44.8. The molecule has 2 saturated carbocycles. The number of hydrogen-bond acceptors (Lipinski definition) is 10. The first-order valence-electron chi connectivity index (χ1n) is 21.9. The number of carbonyl (C=O) groups is 4. The van der Waals surface area contributed by atoms with Crippen molar-refractivity contribution in [3.05, 3.63) is 102 Å². The van der Waals surface area contributed by atoms with E-state index in [1.165, 1.54) is 41.3 Å². The summed E-state index contributed by atoms with van der Waals surface area (Å²) in [6.07, 6.45) is 1.38. The van der Waals surface area contributed by atoms with Gasteiger partial charge in [0.1, 0.15) is 40.6 Å². The number of aromatic nitrogens is 2. The number of nitrogens with zero attached hydrogens (tertiary/aromatic N) is 3. The molecule has 0 radical (unpaired) electrons. The van der Waals surface area contributed by atoms with Crippen molar-refractivity contribution >= 4 is 55.7 Å². The second-order valence-electron chi connectivity index (χ2n) is 17.8. The highest BCUT2D eigenvalue weighted by Gasteiger charge is 2.63. The zero-order valence-electron chi connectivity index (χ0n) is 35.7. The Morgan fingerprint density at radius 2 is 1.73 bits per heavy atom. The normalized spacial score (nSPS) is 24.9. The Bertz CT molecular complexity index is 2870. The minimum atomic E-state index is -4.58. The summed E-state index contributed by atoms with van der Waals surface area (Å²) in [4.78, 5) is 67.6. The van der Waals surface area contributed by atoms with E-state index in [-0.39, 0.29) is 55.1 Å². The van der Waals surface area contributed by atoms with E-state index < -0.39 is 85.6 Å². The molecule has 66 heavy (non-hydrogen) atoms. The summed E-state index contributed by atoms with van der Waals surface area (Å²) in [5.74, 6) is -3.90. The van der Waals surface area contributed by atoms with Gasteiger partial charge in [0, 0.05) is 23.3 Å². The second kappa shape index (κ2) is 17.1. The number of nitrogens with one attached hydrogen (secondary N) is 3. The number of sulfonamides is 1. The van der Waals surface area contributed by atoms with Crippen LogP contribution in [0.25, 0.3) is 33.5 Å². The Hall–Kier alpha value is -6.37. The number of ether oxygens (including phenoxy) is 1. The molecule has 4 amide bonds. The van der Waals surface area contributed by atoms with Crippen LogP contribution < -0.4 is 20.1 Å². The van der Waals surface area contributed by atoms with E-state index in [0.717, 1.165) is 12.1 Å². The summed E-state index contributed by atoms with van der Waals surface area (Å²) in [5.41, 5.74) is -0.952. The van der Waals surface area contributed by atoms with E-state index >= 15 is 0 Å². The van der Waals surface area contributed by atoms with Gasteiger partial charge in [0.15, 0.2) is 5.82 Å². The van der Waals surface area contributed by atoms with E-state index in [0.29, 0.717) is 60.6 Å². The molecule has 2 aromatic heterocycles. The highest BCUT2D eigenvalue weighted by atomic mass is 32.2. The molecule has 3 fully saturated rings. The lowest BCUT2D eigenvalue weighted by Gasteiger charge is -2.30. The van der Waals surface area contributed by atoms with Gasteiger partial charge in [-0.15, -0.1) is 0 Å². The molecular formula is C47H46F4N6O8S. The van der Waals surface area contributed by atoms with Crippen LogP contribution in [0, 0.1) is 11.7 Å². The smallest absolute Gasteiger partial charge is 0.416 e. The standard InChI is InChI=1S/C47H46F4N6O8S/c1-45(21-22-45)66(62,63)56-44(61)46-25-30(46)9-5-3-2-4-6-11-34(52-37(58)23-27-13-19-31(48)20-14-27)43(60)57-26-32(24-35(57)41(59)55-46)64-42-39-38(33-10-7-8-12-36(33)65-39)53-40(54-42)28-15-17-29(18-16-28)47(49,50)51/h5,7-10,12-20,30,32,34-35H,2-4,6,11,21-26H2,1H3,(H,52,58)(H,55,59)(H,56,61)/b9-5-/t30-,32-,34+,35+,46-/m1/s1. The number of rotatable bonds is 9. The third-order valence-electron chi connectivity index (χ3n) is 13.0. The summed E-state index contributed by atoms with van der Waals surface area (Å²) in [6, 6.07) is 14.2. The molecule has 2 aliphatic carbocycles. The minimum absolute atomic E-state index is 0.0131. The van der Waals surface area contributed by atoms with Gasteiger partial charge in [0.05, 0.1) is 23.3 Å². The van der Waals surface area contributed by atoms with E-state index in [4.69, 9.17) is 9.15 Å². The highest BCUT2D eigenvalue weighted by Crippen LogP contribution is 2.48. The Balaban J connectivity index is 1.06. The van der Waals surface area contributed by atoms with Crippen molar-refractivity contribution in [1.82, 2.24) is 30.2 Å². The third kappa shape index (κ3) is 8.96. The summed E-state index contributed by atoms with van der Waals surface area (Å²) >= 11 is 0. The third-order valence-corrected chi connectivity index (χ3v) is 15.2. The lowest BCUT2D eigenvalue weighted by Crippen LogP contribution is -2.58. The van der Waals surface area contributed by atoms with Crippen LogP contribution in [0.5, 0.6) is 5.88 Å². The summed E-state index contributed by atoms with van der Waals surface area (Å²) in [7, 11) is -4.09. The number of fused-ring (bicyclic) bond motifs is 5. The number of carbonyl (C=O) groups excluding carboxylic acids is 4. The molecule has 19 heteroatoms. The van der Waals surface area contributed by atoms with Gasteiger partial charge in [-0.25, -0.2) is 17.8 Å². The monoisotopic (exact) mass is 930 g/mol. The predicted octanol–water partition coefficient (Wildman–Crippen LogP) is 6.67. The molecule has 4 aliphatic rings. The zero-order valence-corrected chi connectivity index (χ0v) is 36.5. The van der Waals surface area contributed by atoms with Gasteiger partial charge in [0.25, 0.3) is 11.8 Å². The maximum Gasteiger partial charge on any atom is 0.416 e. The number of alkyl halides is 3. The van der Waals surface area contributed by atoms with Crippen molar-refractivity contribution in [3.8, 4) is 17.3 Å². The first-order valence-corrected chi connectivity index (χ1v) is 23.3. The van der Waals surface area contributed by atoms with Gasteiger partial charge in [-0.1, -0.05) is 61.4 Å². The molecule has 1 saturated heterocycles. The van der Waals surface area contributed by atoms with Crippen LogP contribution in [-0.2, 0) is 41.8 Å². The maximum atomic E-state index is 14.8. The van der Waals surface area contributed by atoms with Crippen molar-refractivity contribution in [3.63, 3.8) is 0 Å². The van der Waals surface area contributed by atoms with E-state index in [1.54, 1.807) is 37.3 Å². The van der Waals surface area contributed by atoms with Crippen LogP contribution in [0.1, 0.15) is 75.8 Å². The fraction of sp³-hybridized carbons (Fsp3) is 0.404. The Labute approximate surface area is 376 Å². The number of hydrogen-bond donors (Lipinski definition) is 3. The van der Waals surface area contributed by atoms with Crippen LogP contribution in [0.3, 0.4) is 0 Å². The van der Waals surface area contributed by atoms with Crippen LogP contribution >= 0.6 is 0 Å². The molecular weight excluding hydrogens is 885 g/mol. The Morgan fingerprint density at radius 3 is 2.45 bits per heavy atom. The van der Waals surface area contributed by atoms with Crippen molar-refractivity contribution in [2.24, 2.45) is 5.92 Å². The molecule has 0 bridgehead atoms. The molecule has 5 atom stereocenters. The lowest BCUT2D eigenvalue weighted by atomic mass is 10.0. The highest BCUT2D eigenvalue weighted by molar-refractivity contribution is 7.91. The SMILES string of the molecule is CC1(S(=O)(=O)NC(=O)[C@@]23C[C@H]2/C=C\CCCCC[C@H](NC(=O)Cc2ccc(F)cc2)C(=O)N2C[C@H](Oc4nc(-c5ccc(C(F)(F)F)cc5)nc5c4oc4ccccc45)C[C@H]2C(=O)N3)CC1. The quantitative estimate of drug-likeness (QED) is 0.106. The van der Waals surface area contributed by atoms with Crippen molar-refractivity contribution in [2.45, 2.75) is 106 Å². The average Bonchev–Trinajstić information content (AvgIpc) is 4.10. The molecule has 3 aromatic carbocycles. The molecule has 2 aliphatic heterocycles. The molecule has 4 heterocycles. The molecule has 0 unspecified atom stereocenters. The molecule has 5 aromatic rings. The van der Waals surface area contributed by atoms with E-state index in [2.05, 4.69) is 25.3 Å².